The lowest BCUT2D eigenvalue weighted by Crippen LogP contribution is -2.06. The van der Waals surface area contributed by atoms with Gasteiger partial charge in [-0.1, -0.05) is 6.07 Å². The van der Waals surface area contributed by atoms with Gasteiger partial charge in [-0.3, -0.25) is 4.98 Å². The largest absolute Gasteiger partial charge is 0.316 e. The number of nitrogens with zero attached hydrogens (tertiary/aromatic N) is 1. The first-order valence-electron chi connectivity index (χ1n) is 5.99. The fraction of sp³-hybridized carbons (Fsp3) is 0.267. The summed E-state index contributed by atoms with van der Waals surface area (Å²) in [5.74, 6) is -0.211. The zero-order chi connectivity index (χ0) is 13.1. The maximum Gasteiger partial charge on any atom is 0.123 e. The van der Waals surface area contributed by atoms with Crippen molar-refractivity contribution in [3.05, 3.63) is 53.1 Å². The number of nitrogens with one attached hydrogen (secondary N) is 1. The molecular weight excluding hydrogens is 227 g/mol. The topological polar surface area (TPSA) is 24.9 Å². The Kier molecular flexibility index (Phi) is 3.72. The van der Waals surface area contributed by atoms with E-state index in [0.29, 0.717) is 0 Å². The van der Waals surface area contributed by atoms with Crippen molar-refractivity contribution in [2.45, 2.75) is 20.4 Å². The van der Waals surface area contributed by atoms with Crippen LogP contribution in [-0.2, 0) is 6.54 Å². The van der Waals surface area contributed by atoms with E-state index in [2.05, 4.69) is 10.3 Å². The van der Waals surface area contributed by atoms with E-state index in [4.69, 9.17) is 0 Å². The van der Waals surface area contributed by atoms with Crippen molar-refractivity contribution >= 4 is 0 Å². The molecular formula is C15H17FN2. The van der Waals surface area contributed by atoms with Gasteiger partial charge in [0.2, 0.25) is 0 Å². The number of hydrogen-bond donors (Lipinski definition) is 1. The van der Waals surface area contributed by atoms with E-state index in [1.165, 1.54) is 6.07 Å². The van der Waals surface area contributed by atoms with Gasteiger partial charge in [0.05, 0.1) is 0 Å². The first-order valence-corrected chi connectivity index (χ1v) is 5.99. The van der Waals surface area contributed by atoms with Crippen molar-refractivity contribution in [1.29, 1.82) is 0 Å². The van der Waals surface area contributed by atoms with Crippen LogP contribution in [0.1, 0.15) is 17.0 Å². The monoisotopic (exact) mass is 244 g/mol. The van der Waals surface area contributed by atoms with Crippen LogP contribution >= 0.6 is 0 Å². The third kappa shape index (κ3) is 2.74. The number of hydrogen-bond acceptors (Lipinski definition) is 2. The van der Waals surface area contributed by atoms with E-state index >= 15 is 0 Å². The fourth-order valence-electron chi connectivity index (χ4n) is 2.15. The summed E-state index contributed by atoms with van der Waals surface area (Å²) in [6.07, 6.45) is 0. The van der Waals surface area contributed by atoms with Crippen LogP contribution < -0.4 is 5.32 Å². The van der Waals surface area contributed by atoms with Crippen molar-refractivity contribution in [2.75, 3.05) is 7.05 Å². The molecule has 0 aliphatic rings. The number of rotatable bonds is 3. The molecule has 2 aromatic rings. The average molecular weight is 244 g/mol. The number of benzene rings is 1. The second kappa shape index (κ2) is 5.27. The Morgan fingerprint density at radius 2 is 1.78 bits per heavy atom. The first kappa shape index (κ1) is 12.7. The molecule has 2 nitrogen and oxygen atoms in total. The highest BCUT2D eigenvalue weighted by atomic mass is 19.1. The fourth-order valence-corrected chi connectivity index (χ4v) is 2.15. The summed E-state index contributed by atoms with van der Waals surface area (Å²) >= 11 is 0. The highest BCUT2D eigenvalue weighted by Gasteiger charge is 2.07. The molecule has 0 amide bonds. The van der Waals surface area contributed by atoms with Gasteiger partial charge in [0.1, 0.15) is 5.82 Å². The second-order valence-corrected chi connectivity index (χ2v) is 4.47. The molecule has 0 unspecified atom stereocenters. The van der Waals surface area contributed by atoms with Gasteiger partial charge in [0.25, 0.3) is 0 Å². The van der Waals surface area contributed by atoms with E-state index in [1.54, 1.807) is 6.07 Å². The van der Waals surface area contributed by atoms with Crippen molar-refractivity contribution < 1.29 is 4.39 Å². The van der Waals surface area contributed by atoms with Crippen LogP contribution in [0.15, 0.2) is 30.3 Å². The van der Waals surface area contributed by atoms with Crippen molar-refractivity contribution in [1.82, 2.24) is 10.3 Å². The summed E-state index contributed by atoms with van der Waals surface area (Å²) in [5, 5.41) is 3.10. The third-order valence-corrected chi connectivity index (χ3v) is 2.83. The first-order chi connectivity index (χ1) is 8.60. The van der Waals surface area contributed by atoms with Crippen LogP contribution in [0.3, 0.4) is 0 Å². The van der Waals surface area contributed by atoms with Crippen molar-refractivity contribution in [2.24, 2.45) is 0 Å². The molecule has 2 rings (SSSR count). The number of halogens is 1. The van der Waals surface area contributed by atoms with Crippen LogP contribution in [0.25, 0.3) is 11.1 Å². The van der Waals surface area contributed by atoms with Crippen LogP contribution in [0.4, 0.5) is 4.39 Å². The Labute approximate surface area is 107 Å². The average Bonchev–Trinajstić information content (AvgIpc) is 2.30. The Morgan fingerprint density at radius 1 is 1.11 bits per heavy atom. The standard InChI is InChI=1S/C15H17FN2/c1-10-6-13(7-11(2)18-10)15-8-14(16)5-4-12(15)9-17-3/h4-8,17H,9H2,1-3H3. The minimum Gasteiger partial charge on any atom is -0.316 e. The predicted molar refractivity (Wildman–Crippen MR) is 71.9 cm³/mol. The van der Waals surface area contributed by atoms with Crippen LogP contribution in [0, 0.1) is 19.7 Å². The van der Waals surface area contributed by atoms with Gasteiger partial charge >= 0.3 is 0 Å². The lowest BCUT2D eigenvalue weighted by Gasteiger charge is -2.11. The smallest absolute Gasteiger partial charge is 0.123 e. The molecule has 94 valence electrons. The van der Waals surface area contributed by atoms with Gasteiger partial charge in [-0.25, -0.2) is 4.39 Å². The summed E-state index contributed by atoms with van der Waals surface area (Å²) in [6.45, 7) is 4.62. The summed E-state index contributed by atoms with van der Waals surface area (Å²) in [5.41, 5.74) is 4.93. The molecule has 0 spiro atoms. The zero-order valence-electron chi connectivity index (χ0n) is 10.9. The maximum atomic E-state index is 13.4. The third-order valence-electron chi connectivity index (χ3n) is 2.83. The van der Waals surface area contributed by atoms with E-state index in [1.807, 2.05) is 39.1 Å². The Hall–Kier alpha value is -1.74. The highest BCUT2D eigenvalue weighted by molar-refractivity contribution is 5.68. The van der Waals surface area contributed by atoms with E-state index < -0.39 is 0 Å². The van der Waals surface area contributed by atoms with Crippen LogP contribution in [0.5, 0.6) is 0 Å². The van der Waals surface area contributed by atoms with E-state index in [0.717, 1.165) is 34.6 Å². The molecule has 1 heterocycles. The molecule has 0 radical (unpaired) electrons. The molecule has 0 aliphatic heterocycles. The van der Waals surface area contributed by atoms with Crippen molar-refractivity contribution in [3.63, 3.8) is 0 Å². The zero-order valence-corrected chi connectivity index (χ0v) is 10.9. The van der Waals surface area contributed by atoms with Gasteiger partial charge in [-0.15, -0.1) is 0 Å². The highest BCUT2D eigenvalue weighted by Crippen LogP contribution is 2.26. The quantitative estimate of drug-likeness (QED) is 0.896. The molecule has 1 aromatic carbocycles. The molecule has 1 aromatic heterocycles. The van der Waals surface area contributed by atoms with Gasteiger partial charge in [-0.2, -0.15) is 0 Å². The number of aryl methyl sites for hydroxylation is 2. The van der Waals surface area contributed by atoms with Gasteiger partial charge in [-0.05, 0) is 61.9 Å². The van der Waals surface area contributed by atoms with E-state index in [-0.39, 0.29) is 5.82 Å². The van der Waals surface area contributed by atoms with Gasteiger partial charge in [0, 0.05) is 17.9 Å². The lowest BCUT2D eigenvalue weighted by atomic mass is 9.99. The molecule has 18 heavy (non-hydrogen) atoms. The van der Waals surface area contributed by atoms with Gasteiger partial charge in [0.15, 0.2) is 0 Å². The number of pyridine rings is 1. The molecule has 0 aliphatic carbocycles. The summed E-state index contributed by atoms with van der Waals surface area (Å²) in [4.78, 5) is 4.35. The summed E-state index contributed by atoms with van der Waals surface area (Å²) in [7, 11) is 1.89. The van der Waals surface area contributed by atoms with Crippen LogP contribution in [0.2, 0.25) is 0 Å². The lowest BCUT2D eigenvalue weighted by molar-refractivity contribution is 0.627. The Bertz CT molecular complexity index is 544. The number of aromatic nitrogens is 1. The summed E-state index contributed by atoms with van der Waals surface area (Å²) < 4.78 is 13.4. The molecule has 0 saturated heterocycles. The normalized spacial score (nSPS) is 10.7. The minimum absolute atomic E-state index is 0.211. The molecule has 0 bridgehead atoms. The molecule has 0 fully saturated rings. The maximum absolute atomic E-state index is 13.4. The SMILES string of the molecule is CNCc1ccc(F)cc1-c1cc(C)nc(C)c1. The van der Waals surface area contributed by atoms with Crippen LogP contribution in [-0.4, -0.2) is 12.0 Å². The second-order valence-electron chi connectivity index (χ2n) is 4.47. The van der Waals surface area contributed by atoms with Gasteiger partial charge < -0.3 is 5.32 Å². The summed E-state index contributed by atoms with van der Waals surface area (Å²) in [6, 6.07) is 8.88. The molecule has 0 atom stereocenters. The molecule has 3 heteroatoms. The van der Waals surface area contributed by atoms with E-state index in [9.17, 15) is 4.39 Å². The Morgan fingerprint density at radius 3 is 2.39 bits per heavy atom. The molecule has 1 N–H and O–H groups in total. The molecule has 0 saturated carbocycles. The predicted octanol–water partition coefficient (Wildman–Crippen LogP) is 3.22. The Balaban J connectivity index is 2.57. The minimum atomic E-state index is -0.211. The van der Waals surface area contributed by atoms with Crippen molar-refractivity contribution in [3.8, 4) is 11.1 Å².